The van der Waals surface area contributed by atoms with Crippen molar-refractivity contribution in [2.24, 2.45) is 12.5 Å². The summed E-state index contributed by atoms with van der Waals surface area (Å²) >= 11 is 1.60. The van der Waals surface area contributed by atoms with Crippen LogP contribution >= 0.6 is 11.3 Å². The number of carbonyl (C=O) groups is 1. The zero-order chi connectivity index (χ0) is 19.2. The summed E-state index contributed by atoms with van der Waals surface area (Å²) in [5.41, 5.74) is 0.188. The maximum atomic E-state index is 12.9. The van der Waals surface area contributed by atoms with E-state index in [0.29, 0.717) is 12.0 Å². The molecule has 1 amide bonds. The van der Waals surface area contributed by atoms with Crippen molar-refractivity contribution in [2.75, 3.05) is 26.2 Å². The lowest BCUT2D eigenvalue weighted by Crippen LogP contribution is -2.46. The molecule has 4 rings (SSSR count). The number of nitrogens with zero attached hydrogens (tertiary/aromatic N) is 5. The molecule has 27 heavy (non-hydrogen) atoms. The van der Waals surface area contributed by atoms with Crippen molar-refractivity contribution in [1.29, 1.82) is 0 Å². The Hall–Kier alpha value is -1.73. The van der Waals surface area contributed by atoms with Gasteiger partial charge in [-0.2, -0.15) is 0 Å². The largest absolute Gasteiger partial charge is 0.338 e. The smallest absolute Gasteiger partial charge is 0.263 e. The number of amides is 1. The molecule has 2 aliphatic heterocycles. The maximum absolute atomic E-state index is 12.9. The van der Waals surface area contributed by atoms with Crippen molar-refractivity contribution in [3.8, 4) is 0 Å². The van der Waals surface area contributed by atoms with Crippen LogP contribution in [0.2, 0.25) is 0 Å². The summed E-state index contributed by atoms with van der Waals surface area (Å²) in [6.07, 6.45) is 3.87. The van der Waals surface area contributed by atoms with Gasteiger partial charge in [0.2, 0.25) is 0 Å². The highest BCUT2D eigenvalue weighted by Crippen LogP contribution is 2.49. The predicted molar refractivity (Wildman–Crippen MR) is 107 cm³/mol. The third-order valence-electron chi connectivity index (χ3n) is 6.46. The van der Waals surface area contributed by atoms with E-state index in [1.54, 1.807) is 17.7 Å². The van der Waals surface area contributed by atoms with Crippen molar-refractivity contribution in [3.05, 3.63) is 34.0 Å². The Morgan fingerprint density at radius 2 is 2.04 bits per heavy atom. The van der Waals surface area contributed by atoms with Crippen LogP contribution in [0.4, 0.5) is 0 Å². The zero-order valence-electron chi connectivity index (χ0n) is 16.7. The number of aryl methyl sites for hydroxylation is 2. The average molecular weight is 388 g/mol. The minimum absolute atomic E-state index is 0.188. The first-order valence-corrected chi connectivity index (χ1v) is 10.6. The lowest BCUT2D eigenvalue weighted by molar-refractivity contribution is 0.0554. The Balaban J connectivity index is 1.53. The number of carbonyl (C=O) groups excluding carboxylic acids is 1. The van der Waals surface area contributed by atoms with Crippen LogP contribution in [0, 0.1) is 12.3 Å². The number of hydrogen-bond acceptors (Lipinski definition) is 5. The highest BCUT2D eigenvalue weighted by Gasteiger charge is 2.51. The van der Waals surface area contributed by atoms with E-state index in [4.69, 9.17) is 0 Å². The molecule has 1 unspecified atom stereocenters. The second kappa shape index (κ2) is 7.02. The van der Waals surface area contributed by atoms with Crippen molar-refractivity contribution >= 4 is 17.2 Å². The molecule has 0 bridgehead atoms. The lowest BCUT2D eigenvalue weighted by Gasteiger charge is -2.42. The Morgan fingerprint density at radius 3 is 2.59 bits per heavy atom. The van der Waals surface area contributed by atoms with E-state index in [-0.39, 0.29) is 11.3 Å². The van der Waals surface area contributed by atoms with Crippen LogP contribution in [0.15, 0.2) is 18.5 Å². The SMILES string of the molecule is Cc1ccc(C(=O)N2CCC3(CC2)CN(C(C)C)CC3c2nncn2C)s1. The van der Waals surface area contributed by atoms with Gasteiger partial charge < -0.3 is 9.47 Å². The molecule has 1 atom stereocenters. The molecule has 6 nitrogen and oxygen atoms in total. The van der Waals surface area contributed by atoms with Crippen LogP contribution < -0.4 is 0 Å². The van der Waals surface area contributed by atoms with E-state index in [2.05, 4.69) is 40.4 Å². The van der Waals surface area contributed by atoms with Gasteiger partial charge in [-0.15, -0.1) is 21.5 Å². The fourth-order valence-corrected chi connectivity index (χ4v) is 5.57. The van der Waals surface area contributed by atoms with E-state index in [1.807, 2.05) is 24.1 Å². The molecule has 0 radical (unpaired) electrons. The fraction of sp³-hybridized carbons (Fsp3) is 0.650. The fourth-order valence-electron chi connectivity index (χ4n) is 4.73. The standard InChI is InChI=1S/C20H29N5OS/c1-14(2)25-11-16(18-22-21-13-23(18)4)20(12-25)7-9-24(10-8-20)19(26)17-6-5-15(3)27-17/h5-6,13-14,16H,7-12H2,1-4H3. The molecule has 2 aromatic heterocycles. The molecule has 0 saturated carbocycles. The van der Waals surface area contributed by atoms with Crippen molar-refractivity contribution in [1.82, 2.24) is 24.6 Å². The van der Waals surface area contributed by atoms with Crippen LogP contribution in [-0.4, -0.2) is 62.7 Å². The van der Waals surface area contributed by atoms with Gasteiger partial charge in [-0.3, -0.25) is 9.69 Å². The van der Waals surface area contributed by atoms with Gasteiger partial charge in [-0.1, -0.05) is 0 Å². The zero-order valence-corrected chi connectivity index (χ0v) is 17.5. The summed E-state index contributed by atoms with van der Waals surface area (Å²) in [5.74, 6) is 1.66. The van der Waals surface area contributed by atoms with Gasteiger partial charge >= 0.3 is 0 Å². The molecule has 0 aliphatic carbocycles. The van der Waals surface area contributed by atoms with Gasteiger partial charge in [0.25, 0.3) is 5.91 Å². The molecule has 146 valence electrons. The van der Waals surface area contributed by atoms with Crippen LogP contribution in [-0.2, 0) is 7.05 Å². The minimum atomic E-state index is 0.188. The second-order valence-electron chi connectivity index (χ2n) is 8.44. The summed E-state index contributed by atoms with van der Waals surface area (Å²) in [6.45, 7) is 10.4. The Morgan fingerprint density at radius 1 is 1.30 bits per heavy atom. The molecule has 2 fully saturated rings. The Kier molecular flexibility index (Phi) is 4.84. The predicted octanol–water partition coefficient (Wildman–Crippen LogP) is 2.92. The Labute approximate surface area is 165 Å². The summed E-state index contributed by atoms with van der Waals surface area (Å²) in [5, 5.41) is 8.58. The van der Waals surface area contributed by atoms with E-state index in [0.717, 1.165) is 49.7 Å². The highest BCUT2D eigenvalue weighted by molar-refractivity contribution is 7.13. The number of rotatable bonds is 3. The first kappa shape index (κ1) is 18.6. The second-order valence-corrected chi connectivity index (χ2v) is 9.73. The third kappa shape index (κ3) is 3.31. The molecule has 7 heteroatoms. The molecule has 4 heterocycles. The van der Waals surface area contributed by atoms with Crippen LogP contribution in [0.5, 0.6) is 0 Å². The van der Waals surface area contributed by atoms with Crippen LogP contribution in [0.25, 0.3) is 0 Å². The van der Waals surface area contributed by atoms with E-state index < -0.39 is 0 Å². The number of thiophene rings is 1. The lowest BCUT2D eigenvalue weighted by atomic mass is 9.70. The molecule has 0 aromatic carbocycles. The van der Waals surface area contributed by atoms with E-state index in [9.17, 15) is 4.79 Å². The number of aromatic nitrogens is 3. The first-order valence-electron chi connectivity index (χ1n) is 9.83. The summed E-state index contributed by atoms with van der Waals surface area (Å²) in [4.78, 5) is 19.5. The van der Waals surface area contributed by atoms with Crippen LogP contribution in [0.3, 0.4) is 0 Å². The Bertz CT molecular complexity index is 818. The van der Waals surface area contributed by atoms with Crippen LogP contribution in [0.1, 0.15) is 53.0 Å². The van der Waals surface area contributed by atoms with Crippen molar-refractivity contribution in [2.45, 2.75) is 45.6 Å². The van der Waals surface area contributed by atoms with Gasteiger partial charge in [-0.25, -0.2) is 0 Å². The average Bonchev–Trinajstić information content (AvgIpc) is 3.34. The third-order valence-corrected chi connectivity index (χ3v) is 7.45. The molecule has 0 N–H and O–H groups in total. The molecule has 1 spiro atoms. The number of likely N-dealkylation sites (tertiary alicyclic amines) is 2. The first-order chi connectivity index (χ1) is 12.9. The van der Waals surface area contributed by atoms with Gasteiger partial charge in [0.15, 0.2) is 0 Å². The normalized spacial score (nSPS) is 22.9. The summed E-state index contributed by atoms with van der Waals surface area (Å²) < 4.78 is 2.07. The van der Waals surface area contributed by atoms with Gasteiger partial charge in [0, 0.05) is 50.1 Å². The molecule has 2 saturated heterocycles. The molecule has 2 aromatic rings. The highest BCUT2D eigenvalue weighted by atomic mass is 32.1. The van der Waals surface area contributed by atoms with Gasteiger partial charge in [0.1, 0.15) is 12.2 Å². The van der Waals surface area contributed by atoms with Gasteiger partial charge in [-0.05, 0) is 51.2 Å². The molecule has 2 aliphatic rings. The molecular formula is C20H29N5OS. The van der Waals surface area contributed by atoms with Crippen molar-refractivity contribution in [3.63, 3.8) is 0 Å². The van der Waals surface area contributed by atoms with E-state index in [1.165, 1.54) is 4.88 Å². The number of piperidine rings is 1. The van der Waals surface area contributed by atoms with Gasteiger partial charge in [0.05, 0.1) is 4.88 Å². The van der Waals surface area contributed by atoms with Crippen molar-refractivity contribution < 1.29 is 4.79 Å². The minimum Gasteiger partial charge on any atom is -0.338 e. The quantitative estimate of drug-likeness (QED) is 0.813. The monoisotopic (exact) mass is 387 g/mol. The summed E-state index contributed by atoms with van der Waals surface area (Å²) in [6, 6.07) is 4.52. The topological polar surface area (TPSA) is 54.3 Å². The number of hydrogen-bond donors (Lipinski definition) is 0. The maximum Gasteiger partial charge on any atom is 0.263 e. The molecular weight excluding hydrogens is 358 g/mol. The van der Waals surface area contributed by atoms with E-state index >= 15 is 0 Å². The summed E-state index contributed by atoms with van der Waals surface area (Å²) in [7, 11) is 2.04.